The lowest BCUT2D eigenvalue weighted by Crippen LogP contribution is -1.95. The molecule has 0 radical (unpaired) electrons. The van der Waals surface area contributed by atoms with E-state index in [4.69, 9.17) is 0 Å². The van der Waals surface area contributed by atoms with Gasteiger partial charge in [-0.3, -0.25) is 9.98 Å². The van der Waals surface area contributed by atoms with Gasteiger partial charge in [-0.15, -0.1) is 12.6 Å². The Kier molecular flexibility index (Phi) is 3.54. The molecular formula is C13H11FN2S. The molecule has 0 aliphatic heterocycles. The van der Waals surface area contributed by atoms with Crippen molar-refractivity contribution in [2.75, 3.05) is 0 Å². The summed E-state index contributed by atoms with van der Waals surface area (Å²) < 4.78 is 13.0. The molecule has 0 atom stereocenters. The van der Waals surface area contributed by atoms with Crippen LogP contribution in [0.3, 0.4) is 0 Å². The Balaban J connectivity index is 2.30. The van der Waals surface area contributed by atoms with Gasteiger partial charge in [-0.05, 0) is 37.3 Å². The zero-order valence-corrected chi connectivity index (χ0v) is 10.2. The normalized spacial score (nSPS) is 11.6. The Morgan fingerprint density at radius 1 is 1.24 bits per heavy atom. The van der Waals surface area contributed by atoms with E-state index in [1.807, 2.05) is 31.2 Å². The van der Waals surface area contributed by atoms with Crippen LogP contribution in [0.15, 0.2) is 52.6 Å². The summed E-state index contributed by atoms with van der Waals surface area (Å²) in [6.07, 6.45) is 2.77. The fourth-order valence-electron chi connectivity index (χ4n) is 1.40. The molecule has 86 valence electrons. The summed E-state index contributed by atoms with van der Waals surface area (Å²) in [4.78, 5) is 9.06. The molecule has 0 amide bonds. The molecule has 0 aliphatic carbocycles. The van der Waals surface area contributed by atoms with Gasteiger partial charge in [0, 0.05) is 22.4 Å². The molecule has 2 nitrogen and oxygen atoms in total. The van der Waals surface area contributed by atoms with Crippen molar-refractivity contribution in [3.8, 4) is 0 Å². The van der Waals surface area contributed by atoms with Crippen LogP contribution in [0.25, 0.3) is 0 Å². The number of halogens is 1. The smallest absolute Gasteiger partial charge is 0.142 e. The van der Waals surface area contributed by atoms with Gasteiger partial charge in [0.15, 0.2) is 0 Å². The zero-order chi connectivity index (χ0) is 12.3. The molecule has 17 heavy (non-hydrogen) atoms. The average Bonchev–Trinajstić information content (AvgIpc) is 2.32. The molecule has 1 aromatic carbocycles. The van der Waals surface area contributed by atoms with Crippen LogP contribution in [-0.2, 0) is 0 Å². The van der Waals surface area contributed by atoms with Crippen LogP contribution in [-0.4, -0.2) is 10.7 Å². The molecule has 0 saturated carbocycles. The van der Waals surface area contributed by atoms with E-state index in [-0.39, 0.29) is 5.82 Å². The summed E-state index contributed by atoms with van der Waals surface area (Å²) in [6.45, 7) is 1.82. The summed E-state index contributed by atoms with van der Waals surface area (Å²) in [5, 5.41) is 0. The van der Waals surface area contributed by atoms with E-state index in [2.05, 4.69) is 22.6 Å². The van der Waals surface area contributed by atoms with Crippen LogP contribution in [0.1, 0.15) is 12.5 Å². The molecule has 0 N–H and O–H groups in total. The molecule has 1 aromatic heterocycles. The van der Waals surface area contributed by atoms with Gasteiger partial charge in [-0.1, -0.05) is 0 Å². The Morgan fingerprint density at radius 2 is 1.94 bits per heavy atom. The number of aromatic nitrogens is 1. The van der Waals surface area contributed by atoms with Gasteiger partial charge in [0.05, 0.1) is 11.9 Å². The largest absolute Gasteiger partial charge is 0.261 e. The molecule has 0 spiro atoms. The van der Waals surface area contributed by atoms with Gasteiger partial charge >= 0.3 is 0 Å². The van der Waals surface area contributed by atoms with Crippen LogP contribution in [0, 0.1) is 5.82 Å². The minimum absolute atomic E-state index is 0.359. The third-order valence-electron chi connectivity index (χ3n) is 2.27. The minimum atomic E-state index is -0.359. The van der Waals surface area contributed by atoms with E-state index in [1.54, 1.807) is 6.20 Å². The fraction of sp³-hybridized carbons (Fsp3) is 0.0769. The molecule has 0 fully saturated rings. The first-order valence-corrected chi connectivity index (χ1v) is 5.55. The first-order valence-electron chi connectivity index (χ1n) is 5.10. The van der Waals surface area contributed by atoms with E-state index in [0.29, 0.717) is 5.56 Å². The highest BCUT2D eigenvalue weighted by Crippen LogP contribution is 2.16. The van der Waals surface area contributed by atoms with Crippen LogP contribution >= 0.6 is 12.6 Å². The molecule has 4 heteroatoms. The zero-order valence-electron chi connectivity index (χ0n) is 9.26. The standard InChI is InChI=1S/C13H11FN2S/c1-9(10-6-11(14)8-15-7-10)16-12-2-4-13(17)5-3-12/h2-8,17H,1H3/b16-9+. The molecule has 2 aromatic rings. The van der Waals surface area contributed by atoms with Crippen molar-refractivity contribution in [2.45, 2.75) is 11.8 Å². The number of thiol groups is 1. The monoisotopic (exact) mass is 246 g/mol. The average molecular weight is 246 g/mol. The number of nitrogens with zero attached hydrogens (tertiary/aromatic N) is 2. The fourth-order valence-corrected chi connectivity index (χ4v) is 1.54. The van der Waals surface area contributed by atoms with Gasteiger partial charge < -0.3 is 0 Å². The van der Waals surface area contributed by atoms with E-state index in [1.165, 1.54) is 12.3 Å². The summed E-state index contributed by atoms with van der Waals surface area (Å²) in [5.74, 6) is -0.359. The van der Waals surface area contributed by atoms with Crippen molar-refractivity contribution >= 4 is 24.0 Å². The van der Waals surface area contributed by atoms with E-state index in [9.17, 15) is 4.39 Å². The lowest BCUT2D eigenvalue weighted by atomic mass is 10.2. The third kappa shape index (κ3) is 3.14. The third-order valence-corrected chi connectivity index (χ3v) is 2.57. The molecule has 0 saturated heterocycles. The summed E-state index contributed by atoms with van der Waals surface area (Å²) in [6, 6.07) is 8.86. The summed E-state index contributed by atoms with van der Waals surface area (Å²) in [7, 11) is 0. The van der Waals surface area contributed by atoms with Crippen LogP contribution in [0.5, 0.6) is 0 Å². The Bertz CT molecular complexity index is 550. The number of hydrogen-bond donors (Lipinski definition) is 1. The van der Waals surface area contributed by atoms with Crippen molar-refractivity contribution in [3.05, 3.63) is 54.1 Å². The second-order valence-corrected chi connectivity index (χ2v) is 4.12. The van der Waals surface area contributed by atoms with Crippen molar-refractivity contribution in [3.63, 3.8) is 0 Å². The molecule has 0 aliphatic rings. The first kappa shape index (κ1) is 11.8. The number of aliphatic imine (C=N–C) groups is 1. The predicted octanol–water partition coefficient (Wildman–Crippen LogP) is 3.65. The van der Waals surface area contributed by atoms with Crippen LogP contribution in [0.2, 0.25) is 0 Å². The van der Waals surface area contributed by atoms with Gasteiger partial charge in [0.1, 0.15) is 5.82 Å². The highest BCUT2D eigenvalue weighted by Gasteiger charge is 2.00. The Hall–Kier alpha value is -1.68. The number of benzene rings is 1. The van der Waals surface area contributed by atoms with E-state index in [0.717, 1.165) is 16.3 Å². The Morgan fingerprint density at radius 3 is 2.59 bits per heavy atom. The quantitative estimate of drug-likeness (QED) is 0.635. The summed E-state index contributed by atoms with van der Waals surface area (Å²) in [5.41, 5.74) is 2.22. The Labute approximate surface area is 105 Å². The number of pyridine rings is 1. The molecular weight excluding hydrogens is 235 g/mol. The van der Waals surface area contributed by atoms with Gasteiger partial charge in [0.25, 0.3) is 0 Å². The minimum Gasteiger partial charge on any atom is -0.261 e. The van der Waals surface area contributed by atoms with E-state index >= 15 is 0 Å². The van der Waals surface area contributed by atoms with Crippen molar-refractivity contribution in [1.82, 2.24) is 4.98 Å². The molecule has 0 unspecified atom stereocenters. The van der Waals surface area contributed by atoms with E-state index < -0.39 is 0 Å². The topological polar surface area (TPSA) is 25.2 Å². The highest BCUT2D eigenvalue weighted by molar-refractivity contribution is 7.80. The molecule has 2 rings (SSSR count). The maximum atomic E-state index is 13.0. The van der Waals surface area contributed by atoms with Crippen LogP contribution < -0.4 is 0 Å². The van der Waals surface area contributed by atoms with Crippen molar-refractivity contribution in [1.29, 1.82) is 0 Å². The lowest BCUT2D eigenvalue weighted by Gasteiger charge is -2.01. The maximum Gasteiger partial charge on any atom is 0.142 e. The second-order valence-electron chi connectivity index (χ2n) is 3.61. The van der Waals surface area contributed by atoms with Gasteiger partial charge in [-0.25, -0.2) is 4.39 Å². The van der Waals surface area contributed by atoms with Crippen LogP contribution in [0.4, 0.5) is 10.1 Å². The second kappa shape index (κ2) is 5.10. The number of rotatable bonds is 2. The summed E-state index contributed by atoms with van der Waals surface area (Å²) >= 11 is 4.20. The molecule has 0 bridgehead atoms. The van der Waals surface area contributed by atoms with Crippen molar-refractivity contribution < 1.29 is 4.39 Å². The van der Waals surface area contributed by atoms with Gasteiger partial charge in [-0.2, -0.15) is 0 Å². The number of hydrogen-bond acceptors (Lipinski definition) is 3. The van der Waals surface area contributed by atoms with Crippen molar-refractivity contribution in [2.24, 2.45) is 4.99 Å². The predicted molar refractivity (Wildman–Crippen MR) is 69.8 cm³/mol. The lowest BCUT2D eigenvalue weighted by molar-refractivity contribution is 0.621. The SMILES string of the molecule is C/C(=N\c1ccc(S)cc1)c1cncc(F)c1. The van der Waals surface area contributed by atoms with Gasteiger partial charge in [0.2, 0.25) is 0 Å². The molecule has 1 heterocycles. The first-order chi connectivity index (χ1) is 8.15. The maximum absolute atomic E-state index is 13.0. The highest BCUT2D eigenvalue weighted by atomic mass is 32.1.